The van der Waals surface area contributed by atoms with Gasteiger partial charge >= 0.3 is 0 Å². The van der Waals surface area contributed by atoms with Crippen LogP contribution in [0.15, 0.2) is 65.6 Å². The third-order valence-electron chi connectivity index (χ3n) is 5.10. The van der Waals surface area contributed by atoms with Crippen LogP contribution in [0.5, 0.6) is 5.75 Å². The monoisotopic (exact) mass is 377 g/mol. The lowest BCUT2D eigenvalue weighted by atomic mass is 10.1. The van der Waals surface area contributed by atoms with E-state index < -0.39 is 0 Å². The third kappa shape index (κ3) is 5.00. The summed E-state index contributed by atoms with van der Waals surface area (Å²) in [6.45, 7) is 5.31. The maximum atomic E-state index is 5.98. The van der Waals surface area contributed by atoms with Gasteiger partial charge in [0.25, 0.3) is 0 Å². The van der Waals surface area contributed by atoms with Gasteiger partial charge in [-0.2, -0.15) is 0 Å². The zero-order valence-electron chi connectivity index (χ0n) is 16.4. The van der Waals surface area contributed by atoms with Crippen LogP contribution in [-0.2, 0) is 26.1 Å². The van der Waals surface area contributed by atoms with Crippen molar-refractivity contribution >= 4 is 0 Å². The van der Waals surface area contributed by atoms with Crippen LogP contribution in [0.25, 0.3) is 0 Å². The number of nitrogens with zero attached hydrogens (tertiary/aromatic N) is 3. The molecule has 0 saturated heterocycles. The van der Waals surface area contributed by atoms with Gasteiger partial charge in [0.2, 0.25) is 0 Å². The fourth-order valence-corrected chi connectivity index (χ4v) is 3.62. The zero-order chi connectivity index (χ0) is 19.2. The lowest BCUT2D eigenvalue weighted by molar-refractivity contribution is 0.219. The standard InChI is InChI=1S/C23H27N3O2/c1-25(10-7-22-4-2-3-9-24-22)15-19-5-6-23-21(14-19)17-26(11-13-28-23)16-20-8-12-27-18-20/h2-6,8-9,12,14,18H,7,10-11,13,15-17H2,1H3. The van der Waals surface area contributed by atoms with Crippen molar-refractivity contribution in [2.75, 3.05) is 26.7 Å². The molecule has 28 heavy (non-hydrogen) atoms. The largest absolute Gasteiger partial charge is 0.492 e. The summed E-state index contributed by atoms with van der Waals surface area (Å²) in [4.78, 5) is 9.16. The number of hydrogen-bond acceptors (Lipinski definition) is 5. The minimum absolute atomic E-state index is 0.716. The third-order valence-corrected chi connectivity index (χ3v) is 5.10. The van der Waals surface area contributed by atoms with Crippen molar-refractivity contribution < 1.29 is 9.15 Å². The molecule has 0 unspecified atom stereocenters. The Morgan fingerprint density at radius 2 is 2.11 bits per heavy atom. The summed E-state index contributed by atoms with van der Waals surface area (Å²) in [6, 6.07) is 14.7. The summed E-state index contributed by atoms with van der Waals surface area (Å²) in [5.41, 5.74) is 4.92. The molecule has 5 heteroatoms. The fourth-order valence-electron chi connectivity index (χ4n) is 3.62. The summed E-state index contributed by atoms with van der Waals surface area (Å²) in [7, 11) is 2.16. The molecule has 3 heterocycles. The van der Waals surface area contributed by atoms with Crippen molar-refractivity contribution in [3.63, 3.8) is 0 Å². The molecule has 0 saturated carbocycles. The highest BCUT2D eigenvalue weighted by molar-refractivity contribution is 5.38. The summed E-state index contributed by atoms with van der Waals surface area (Å²) < 4.78 is 11.2. The summed E-state index contributed by atoms with van der Waals surface area (Å²) in [5.74, 6) is 1.01. The summed E-state index contributed by atoms with van der Waals surface area (Å²) in [6.07, 6.45) is 6.37. The SMILES string of the molecule is CN(CCc1ccccn1)Cc1ccc2c(c1)CN(Cc1ccoc1)CCO2. The first-order valence-electron chi connectivity index (χ1n) is 9.83. The van der Waals surface area contributed by atoms with Crippen molar-refractivity contribution in [1.29, 1.82) is 0 Å². The van der Waals surface area contributed by atoms with Crippen molar-refractivity contribution in [3.05, 3.63) is 83.6 Å². The van der Waals surface area contributed by atoms with Gasteiger partial charge in [-0.25, -0.2) is 0 Å². The number of furan rings is 1. The van der Waals surface area contributed by atoms with E-state index >= 15 is 0 Å². The van der Waals surface area contributed by atoms with E-state index in [1.54, 1.807) is 6.26 Å². The Morgan fingerprint density at radius 3 is 2.93 bits per heavy atom. The van der Waals surface area contributed by atoms with Crippen LogP contribution >= 0.6 is 0 Å². The predicted octanol–water partition coefficient (Wildman–Crippen LogP) is 3.74. The molecule has 1 aliphatic rings. The van der Waals surface area contributed by atoms with Gasteiger partial charge in [0.1, 0.15) is 12.4 Å². The Kier molecular flexibility index (Phi) is 6.04. The van der Waals surface area contributed by atoms with E-state index in [4.69, 9.17) is 9.15 Å². The molecule has 0 radical (unpaired) electrons. The van der Waals surface area contributed by atoms with E-state index in [9.17, 15) is 0 Å². The number of fused-ring (bicyclic) bond motifs is 1. The van der Waals surface area contributed by atoms with Crippen LogP contribution in [0.2, 0.25) is 0 Å². The Hall–Kier alpha value is -2.63. The fraction of sp³-hybridized carbons (Fsp3) is 0.348. The molecule has 1 aromatic carbocycles. The summed E-state index contributed by atoms with van der Waals surface area (Å²) in [5, 5.41) is 0. The van der Waals surface area contributed by atoms with Gasteiger partial charge in [-0.05, 0) is 42.9 Å². The van der Waals surface area contributed by atoms with Gasteiger partial charge in [-0.15, -0.1) is 0 Å². The Morgan fingerprint density at radius 1 is 1.14 bits per heavy atom. The molecule has 1 aliphatic heterocycles. The molecule has 4 rings (SSSR count). The second-order valence-electron chi connectivity index (χ2n) is 7.44. The average Bonchev–Trinajstić information content (AvgIpc) is 3.13. The van der Waals surface area contributed by atoms with Gasteiger partial charge in [0.05, 0.1) is 12.5 Å². The number of aromatic nitrogens is 1. The van der Waals surface area contributed by atoms with Crippen LogP contribution < -0.4 is 4.74 Å². The first kappa shape index (κ1) is 18.7. The molecule has 0 amide bonds. The average molecular weight is 377 g/mol. The number of pyridine rings is 1. The Balaban J connectivity index is 1.37. The molecule has 0 aliphatic carbocycles. The minimum atomic E-state index is 0.716. The smallest absolute Gasteiger partial charge is 0.123 e. The lowest BCUT2D eigenvalue weighted by Crippen LogP contribution is -2.25. The van der Waals surface area contributed by atoms with Crippen LogP contribution in [0, 0.1) is 0 Å². The molecule has 5 nitrogen and oxygen atoms in total. The number of rotatable bonds is 7. The normalized spacial score (nSPS) is 14.5. The van der Waals surface area contributed by atoms with Gasteiger partial charge in [-0.1, -0.05) is 12.1 Å². The maximum Gasteiger partial charge on any atom is 0.123 e. The van der Waals surface area contributed by atoms with Crippen molar-refractivity contribution in [2.45, 2.75) is 26.1 Å². The number of likely N-dealkylation sites (N-methyl/N-ethyl adjacent to an activating group) is 1. The molecule has 0 fully saturated rings. The highest BCUT2D eigenvalue weighted by atomic mass is 16.5. The molecule has 0 atom stereocenters. The zero-order valence-corrected chi connectivity index (χ0v) is 16.4. The van der Waals surface area contributed by atoms with E-state index in [1.165, 1.54) is 16.7 Å². The molecular formula is C23H27N3O2. The van der Waals surface area contributed by atoms with Crippen LogP contribution in [0.1, 0.15) is 22.4 Å². The molecular weight excluding hydrogens is 350 g/mol. The second kappa shape index (κ2) is 9.04. The van der Waals surface area contributed by atoms with Gasteiger partial charge in [0.15, 0.2) is 0 Å². The molecule has 0 N–H and O–H groups in total. The van der Waals surface area contributed by atoms with Crippen molar-refractivity contribution in [3.8, 4) is 5.75 Å². The molecule has 3 aromatic rings. The van der Waals surface area contributed by atoms with Crippen molar-refractivity contribution in [1.82, 2.24) is 14.8 Å². The molecule has 146 valence electrons. The van der Waals surface area contributed by atoms with Crippen LogP contribution in [0.3, 0.4) is 0 Å². The summed E-state index contributed by atoms with van der Waals surface area (Å²) >= 11 is 0. The second-order valence-corrected chi connectivity index (χ2v) is 7.44. The minimum Gasteiger partial charge on any atom is -0.492 e. The van der Waals surface area contributed by atoms with Crippen LogP contribution in [0.4, 0.5) is 0 Å². The lowest BCUT2D eigenvalue weighted by Gasteiger charge is -2.20. The first-order chi connectivity index (χ1) is 13.8. The van der Waals surface area contributed by atoms with Gasteiger partial charge in [-0.3, -0.25) is 9.88 Å². The van der Waals surface area contributed by atoms with E-state index in [2.05, 4.69) is 46.1 Å². The number of hydrogen-bond donors (Lipinski definition) is 0. The predicted molar refractivity (Wildman–Crippen MR) is 109 cm³/mol. The topological polar surface area (TPSA) is 41.7 Å². The quantitative estimate of drug-likeness (QED) is 0.627. The van der Waals surface area contributed by atoms with E-state index in [0.717, 1.165) is 50.6 Å². The van der Waals surface area contributed by atoms with E-state index in [0.29, 0.717) is 6.61 Å². The maximum absolute atomic E-state index is 5.98. The Bertz CT molecular complexity index is 865. The van der Waals surface area contributed by atoms with Gasteiger partial charge < -0.3 is 14.1 Å². The Labute approximate surface area is 166 Å². The highest BCUT2D eigenvalue weighted by Crippen LogP contribution is 2.25. The number of ether oxygens (including phenoxy) is 1. The van der Waals surface area contributed by atoms with E-state index in [1.807, 2.05) is 30.7 Å². The van der Waals surface area contributed by atoms with Gasteiger partial charge in [0, 0.05) is 62.2 Å². The van der Waals surface area contributed by atoms with E-state index in [-0.39, 0.29) is 0 Å². The number of benzene rings is 1. The van der Waals surface area contributed by atoms with Crippen molar-refractivity contribution in [2.24, 2.45) is 0 Å². The first-order valence-corrected chi connectivity index (χ1v) is 9.83. The van der Waals surface area contributed by atoms with Crippen LogP contribution in [-0.4, -0.2) is 41.5 Å². The highest BCUT2D eigenvalue weighted by Gasteiger charge is 2.17. The molecule has 0 bridgehead atoms. The molecule has 2 aromatic heterocycles. The molecule has 0 spiro atoms.